The molecule has 2 rings (SSSR count). The van der Waals surface area contributed by atoms with Crippen LogP contribution in [0.4, 0.5) is 0 Å². The molecule has 0 aliphatic heterocycles. The summed E-state index contributed by atoms with van der Waals surface area (Å²) in [6.45, 7) is 3.92. The topological polar surface area (TPSA) is 48.1 Å². The molecule has 80 valence electrons. The van der Waals surface area contributed by atoms with Crippen LogP contribution in [0, 0.1) is 0 Å². The molecule has 0 unspecified atom stereocenters. The van der Waals surface area contributed by atoms with Crippen molar-refractivity contribution >= 4 is 21.6 Å². The molecule has 15 heavy (non-hydrogen) atoms. The van der Waals surface area contributed by atoms with Crippen LogP contribution in [0.15, 0.2) is 18.2 Å². The molecule has 0 saturated carbocycles. The van der Waals surface area contributed by atoms with Gasteiger partial charge in [0.2, 0.25) is 0 Å². The second kappa shape index (κ2) is 3.47. The molecule has 1 aromatic heterocycles. The normalized spacial score (nSPS) is 12.0. The number of methoxy groups -OCH3 is 1. The van der Waals surface area contributed by atoms with E-state index in [2.05, 4.69) is 4.98 Å². The second-order valence-corrected chi connectivity index (χ2v) is 5.11. The van der Waals surface area contributed by atoms with Crippen LogP contribution in [0.5, 0.6) is 5.75 Å². The third kappa shape index (κ3) is 1.96. The number of ether oxygens (including phenoxy) is 1. The fourth-order valence-corrected chi connectivity index (χ4v) is 2.32. The van der Waals surface area contributed by atoms with Crippen LogP contribution in [0.25, 0.3) is 10.2 Å². The minimum atomic E-state index is -0.378. The Morgan fingerprint density at radius 1 is 1.40 bits per heavy atom. The Morgan fingerprint density at radius 3 is 2.73 bits per heavy atom. The smallest absolute Gasteiger partial charge is 0.120 e. The highest BCUT2D eigenvalue weighted by Crippen LogP contribution is 2.30. The van der Waals surface area contributed by atoms with Crippen molar-refractivity contribution in [1.29, 1.82) is 0 Å². The minimum Gasteiger partial charge on any atom is -0.497 e. The summed E-state index contributed by atoms with van der Waals surface area (Å²) in [5.74, 6) is 0.854. The van der Waals surface area contributed by atoms with E-state index in [4.69, 9.17) is 10.5 Å². The lowest BCUT2D eigenvalue weighted by Crippen LogP contribution is -2.28. The number of aromatic nitrogens is 1. The fourth-order valence-electron chi connectivity index (χ4n) is 1.31. The molecule has 0 aliphatic rings. The lowest BCUT2D eigenvalue weighted by molar-refractivity contribution is 0.415. The average Bonchev–Trinajstić information content (AvgIpc) is 2.59. The van der Waals surface area contributed by atoms with Crippen molar-refractivity contribution in [2.45, 2.75) is 19.4 Å². The molecule has 4 heteroatoms. The van der Waals surface area contributed by atoms with Crippen molar-refractivity contribution in [1.82, 2.24) is 4.98 Å². The second-order valence-electron chi connectivity index (χ2n) is 4.07. The van der Waals surface area contributed by atoms with Gasteiger partial charge in [0.1, 0.15) is 10.8 Å². The summed E-state index contributed by atoms with van der Waals surface area (Å²) in [6, 6.07) is 5.86. The van der Waals surface area contributed by atoms with E-state index in [1.165, 1.54) is 0 Å². The number of nitrogens with two attached hydrogens (primary N) is 1. The monoisotopic (exact) mass is 222 g/mol. The molecule has 1 heterocycles. The summed E-state index contributed by atoms with van der Waals surface area (Å²) < 4.78 is 6.28. The first-order chi connectivity index (χ1) is 7.00. The summed E-state index contributed by atoms with van der Waals surface area (Å²) in [5, 5.41) is 0.950. The lowest BCUT2D eigenvalue weighted by Gasteiger charge is -2.13. The number of benzene rings is 1. The molecule has 0 atom stereocenters. The van der Waals surface area contributed by atoms with E-state index in [0.717, 1.165) is 21.0 Å². The van der Waals surface area contributed by atoms with E-state index in [-0.39, 0.29) is 5.54 Å². The Balaban J connectivity index is 2.56. The molecule has 0 spiro atoms. The Hall–Kier alpha value is -1.13. The molecule has 0 fully saturated rings. The van der Waals surface area contributed by atoms with Gasteiger partial charge in [0.25, 0.3) is 0 Å². The number of thiazole rings is 1. The van der Waals surface area contributed by atoms with E-state index in [1.807, 2.05) is 32.0 Å². The molecular formula is C11H14N2OS. The molecule has 2 N–H and O–H groups in total. The highest BCUT2D eigenvalue weighted by molar-refractivity contribution is 7.18. The van der Waals surface area contributed by atoms with E-state index < -0.39 is 0 Å². The van der Waals surface area contributed by atoms with Crippen LogP contribution in [-0.2, 0) is 5.54 Å². The number of hydrogen-bond donors (Lipinski definition) is 1. The SMILES string of the molecule is COc1ccc2nc(C(C)(C)N)sc2c1. The van der Waals surface area contributed by atoms with E-state index in [0.29, 0.717) is 0 Å². The molecule has 0 amide bonds. The van der Waals surface area contributed by atoms with Gasteiger partial charge < -0.3 is 10.5 Å². The molecule has 0 radical (unpaired) electrons. The van der Waals surface area contributed by atoms with Crippen molar-refractivity contribution in [3.8, 4) is 5.75 Å². The molecule has 0 aliphatic carbocycles. The predicted molar refractivity (Wildman–Crippen MR) is 63.4 cm³/mol. The Morgan fingerprint density at radius 2 is 2.13 bits per heavy atom. The van der Waals surface area contributed by atoms with Crippen LogP contribution in [0.3, 0.4) is 0 Å². The molecule has 3 nitrogen and oxygen atoms in total. The van der Waals surface area contributed by atoms with Gasteiger partial charge in [-0.15, -0.1) is 11.3 Å². The van der Waals surface area contributed by atoms with Crippen molar-refractivity contribution in [3.05, 3.63) is 23.2 Å². The maximum atomic E-state index is 6.01. The minimum absolute atomic E-state index is 0.378. The van der Waals surface area contributed by atoms with Gasteiger partial charge in [0.05, 0.1) is 22.9 Å². The van der Waals surface area contributed by atoms with Gasteiger partial charge >= 0.3 is 0 Å². The van der Waals surface area contributed by atoms with Crippen molar-refractivity contribution < 1.29 is 4.74 Å². The highest BCUT2D eigenvalue weighted by atomic mass is 32.1. The standard InChI is InChI=1S/C11H14N2OS/c1-11(2,12)10-13-8-5-4-7(14-3)6-9(8)15-10/h4-6H,12H2,1-3H3. The quantitative estimate of drug-likeness (QED) is 0.849. The lowest BCUT2D eigenvalue weighted by atomic mass is 10.1. The fraction of sp³-hybridized carbons (Fsp3) is 0.364. The van der Waals surface area contributed by atoms with Crippen molar-refractivity contribution in [3.63, 3.8) is 0 Å². The number of fused-ring (bicyclic) bond motifs is 1. The first-order valence-electron chi connectivity index (χ1n) is 4.74. The Labute approximate surface area is 92.9 Å². The van der Waals surface area contributed by atoms with Gasteiger partial charge in [-0.2, -0.15) is 0 Å². The zero-order chi connectivity index (χ0) is 11.1. The van der Waals surface area contributed by atoms with E-state index in [1.54, 1.807) is 18.4 Å². The highest BCUT2D eigenvalue weighted by Gasteiger charge is 2.19. The van der Waals surface area contributed by atoms with Gasteiger partial charge in [-0.05, 0) is 32.0 Å². The van der Waals surface area contributed by atoms with Gasteiger partial charge in [-0.1, -0.05) is 0 Å². The number of hydrogen-bond acceptors (Lipinski definition) is 4. The van der Waals surface area contributed by atoms with Gasteiger partial charge in [0, 0.05) is 0 Å². The Kier molecular flexibility index (Phi) is 2.40. The van der Waals surface area contributed by atoms with Gasteiger partial charge in [0.15, 0.2) is 0 Å². The zero-order valence-corrected chi connectivity index (χ0v) is 9.89. The van der Waals surface area contributed by atoms with Crippen LogP contribution < -0.4 is 10.5 Å². The average molecular weight is 222 g/mol. The van der Waals surface area contributed by atoms with Gasteiger partial charge in [-0.3, -0.25) is 0 Å². The maximum Gasteiger partial charge on any atom is 0.120 e. The first-order valence-corrected chi connectivity index (χ1v) is 5.56. The first kappa shape index (κ1) is 10.4. The third-order valence-corrected chi connectivity index (χ3v) is 3.50. The molecule has 0 saturated heterocycles. The molecular weight excluding hydrogens is 208 g/mol. The maximum absolute atomic E-state index is 6.01. The van der Waals surface area contributed by atoms with Crippen LogP contribution in [-0.4, -0.2) is 12.1 Å². The van der Waals surface area contributed by atoms with Crippen molar-refractivity contribution in [2.75, 3.05) is 7.11 Å². The number of rotatable bonds is 2. The largest absolute Gasteiger partial charge is 0.497 e. The predicted octanol–water partition coefficient (Wildman–Crippen LogP) is 2.50. The molecule has 1 aromatic carbocycles. The van der Waals surface area contributed by atoms with Crippen LogP contribution in [0.1, 0.15) is 18.9 Å². The molecule has 2 aromatic rings. The summed E-state index contributed by atoms with van der Waals surface area (Å²) in [7, 11) is 1.66. The molecule has 0 bridgehead atoms. The zero-order valence-electron chi connectivity index (χ0n) is 9.07. The summed E-state index contributed by atoms with van der Waals surface area (Å²) in [6.07, 6.45) is 0. The van der Waals surface area contributed by atoms with E-state index in [9.17, 15) is 0 Å². The summed E-state index contributed by atoms with van der Waals surface area (Å²) in [5.41, 5.74) is 6.61. The van der Waals surface area contributed by atoms with Crippen LogP contribution >= 0.6 is 11.3 Å². The van der Waals surface area contributed by atoms with Crippen molar-refractivity contribution in [2.24, 2.45) is 5.73 Å². The van der Waals surface area contributed by atoms with Gasteiger partial charge in [-0.25, -0.2) is 4.98 Å². The summed E-state index contributed by atoms with van der Waals surface area (Å²) >= 11 is 1.62. The van der Waals surface area contributed by atoms with Crippen LogP contribution in [0.2, 0.25) is 0 Å². The van der Waals surface area contributed by atoms with E-state index >= 15 is 0 Å². The Bertz CT molecular complexity index is 485. The third-order valence-electron chi connectivity index (χ3n) is 2.15. The number of nitrogens with zero attached hydrogens (tertiary/aromatic N) is 1. The summed E-state index contributed by atoms with van der Waals surface area (Å²) in [4.78, 5) is 4.50.